The fourth-order valence-electron chi connectivity index (χ4n) is 1.00. The normalized spacial score (nSPS) is 9.31. The largest absolute Gasteiger partial charge is 0.504 e. The van der Waals surface area contributed by atoms with Gasteiger partial charge < -0.3 is 20.1 Å². The molecule has 0 aromatic heterocycles. The van der Waals surface area contributed by atoms with Crippen molar-refractivity contribution in [2.75, 3.05) is 6.61 Å². The second kappa shape index (κ2) is 7.13. The number of hydrogen-bond acceptors (Lipinski definition) is 5. The molecule has 0 heterocycles. The first-order chi connectivity index (χ1) is 7.06. The van der Waals surface area contributed by atoms with Crippen molar-refractivity contribution in [1.82, 2.24) is 0 Å². The standard InChI is InChI=1S/C10H12O5.K/c1-2-3-15-10(14)6-4-7(11)9(13)8(12)5-6;/h4-5,11-13H,2-3H2,1H3;. The van der Waals surface area contributed by atoms with Crippen LogP contribution in [-0.2, 0) is 4.74 Å². The predicted molar refractivity (Wildman–Crippen MR) is 57.8 cm³/mol. The van der Waals surface area contributed by atoms with Crippen LogP contribution in [-0.4, -0.2) is 79.3 Å². The Morgan fingerprint density at radius 3 is 2.19 bits per heavy atom. The number of phenols is 3. The second-order valence-electron chi connectivity index (χ2n) is 3.00. The number of hydrogen-bond donors (Lipinski definition) is 3. The summed E-state index contributed by atoms with van der Waals surface area (Å²) < 4.78 is 4.78. The van der Waals surface area contributed by atoms with Gasteiger partial charge in [0, 0.05) is 51.4 Å². The van der Waals surface area contributed by atoms with Gasteiger partial charge in [0.15, 0.2) is 17.2 Å². The topological polar surface area (TPSA) is 87.0 Å². The van der Waals surface area contributed by atoms with Gasteiger partial charge in [0.05, 0.1) is 12.2 Å². The monoisotopic (exact) mass is 251 g/mol. The molecule has 3 N–H and O–H groups in total. The van der Waals surface area contributed by atoms with Gasteiger partial charge in [-0.05, 0) is 18.6 Å². The summed E-state index contributed by atoms with van der Waals surface area (Å²) in [4.78, 5) is 11.3. The first kappa shape index (κ1) is 15.7. The molecule has 1 aromatic rings. The summed E-state index contributed by atoms with van der Waals surface area (Å²) >= 11 is 0. The molecule has 0 aliphatic heterocycles. The molecule has 0 bridgehead atoms. The average molecular weight is 251 g/mol. The molecule has 0 fully saturated rings. The van der Waals surface area contributed by atoms with E-state index < -0.39 is 23.2 Å². The molecule has 0 unspecified atom stereocenters. The summed E-state index contributed by atoms with van der Waals surface area (Å²) in [6.45, 7) is 2.11. The van der Waals surface area contributed by atoms with E-state index in [-0.39, 0.29) is 63.6 Å². The van der Waals surface area contributed by atoms with Crippen LogP contribution in [0.3, 0.4) is 0 Å². The molecular formula is C10H12KO5. The quantitative estimate of drug-likeness (QED) is 0.423. The van der Waals surface area contributed by atoms with E-state index in [4.69, 9.17) is 20.1 Å². The van der Waals surface area contributed by atoms with E-state index in [0.717, 1.165) is 12.1 Å². The van der Waals surface area contributed by atoms with Crippen LogP contribution in [0.1, 0.15) is 23.7 Å². The van der Waals surface area contributed by atoms with Crippen LogP contribution in [0.25, 0.3) is 0 Å². The van der Waals surface area contributed by atoms with E-state index in [1.807, 2.05) is 6.92 Å². The summed E-state index contributed by atoms with van der Waals surface area (Å²) in [5.41, 5.74) is -0.00347. The van der Waals surface area contributed by atoms with Gasteiger partial charge in [0.1, 0.15) is 0 Å². The molecule has 1 radical (unpaired) electrons. The van der Waals surface area contributed by atoms with Gasteiger partial charge >= 0.3 is 5.97 Å². The summed E-state index contributed by atoms with van der Waals surface area (Å²) in [5.74, 6) is -2.42. The van der Waals surface area contributed by atoms with E-state index in [1.54, 1.807) is 0 Å². The minimum atomic E-state index is -0.651. The Bertz CT molecular complexity index is 354. The van der Waals surface area contributed by atoms with Gasteiger partial charge in [0.2, 0.25) is 0 Å². The first-order valence-corrected chi connectivity index (χ1v) is 4.48. The van der Waals surface area contributed by atoms with E-state index in [2.05, 4.69) is 0 Å². The minimum Gasteiger partial charge on any atom is -0.504 e. The third-order valence-corrected chi connectivity index (χ3v) is 1.74. The zero-order valence-electron chi connectivity index (χ0n) is 9.23. The molecule has 1 rings (SSSR count). The molecule has 0 amide bonds. The van der Waals surface area contributed by atoms with E-state index in [0.29, 0.717) is 6.42 Å². The molecule has 0 saturated heterocycles. The average Bonchev–Trinajstić information content (AvgIpc) is 2.21. The van der Waals surface area contributed by atoms with E-state index in [1.165, 1.54) is 0 Å². The summed E-state index contributed by atoms with van der Waals surface area (Å²) in [6.07, 6.45) is 0.682. The molecule has 0 spiro atoms. The Balaban J connectivity index is 0.00000225. The zero-order chi connectivity index (χ0) is 11.4. The molecule has 6 heteroatoms. The van der Waals surface area contributed by atoms with Gasteiger partial charge in [-0.15, -0.1) is 0 Å². The predicted octanol–water partition coefficient (Wildman–Crippen LogP) is 0.989. The van der Waals surface area contributed by atoms with Crippen molar-refractivity contribution in [3.05, 3.63) is 17.7 Å². The number of phenolic OH excluding ortho intramolecular Hbond substituents is 3. The summed E-state index contributed by atoms with van der Waals surface area (Å²) in [5, 5.41) is 27.3. The Morgan fingerprint density at radius 2 is 1.75 bits per heavy atom. The molecule has 5 nitrogen and oxygen atoms in total. The maximum atomic E-state index is 11.3. The van der Waals surface area contributed by atoms with Crippen LogP contribution < -0.4 is 0 Å². The number of carbonyl (C=O) groups is 1. The first-order valence-electron chi connectivity index (χ1n) is 4.48. The van der Waals surface area contributed by atoms with Crippen LogP contribution in [0, 0.1) is 0 Å². The van der Waals surface area contributed by atoms with Gasteiger partial charge in [0.25, 0.3) is 0 Å². The molecule has 1 aromatic carbocycles. The van der Waals surface area contributed by atoms with Gasteiger partial charge in [-0.2, -0.15) is 0 Å². The van der Waals surface area contributed by atoms with Crippen molar-refractivity contribution in [1.29, 1.82) is 0 Å². The number of aromatic hydroxyl groups is 3. The van der Waals surface area contributed by atoms with Crippen LogP contribution >= 0.6 is 0 Å². The minimum absolute atomic E-state index is 0. The van der Waals surface area contributed by atoms with Crippen molar-refractivity contribution in [3.63, 3.8) is 0 Å². The zero-order valence-corrected chi connectivity index (χ0v) is 12.4. The van der Waals surface area contributed by atoms with E-state index in [9.17, 15) is 4.79 Å². The molecule has 0 saturated carbocycles. The Morgan fingerprint density at radius 1 is 1.25 bits per heavy atom. The molecule has 83 valence electrons. The smallest absolute Gasteiger partial charge is 0.338 e. The van der Waals surface area contributed by atoms with Gasteiger partial charge in [-0.3, -0.25) is 0 Å². The van der Waals surface area contributed by atoms with E-state index >= 15 is 0 Å². The van der Waals surface area contributed by atoms with Crippen molar-refractivity contribution in [2.24, 2.45) is 0 Å². The molecule has 0 atom stereocenters. The summed E-state index contributed by atoms with van der Waals surface area (Å²) in [7, 11) is 0. The number of carbonyl (C=O) groups excluding carboxylic acids is 1. The Hall–Kier alpha value is -0.274. The maximum absolute atomic E-state index is 11.3. The fraction of sp³-hybridized carbons (Fsp3) is 0.300. The Labute approximate surface area is 135 Å². The number of rotatable bonds is 3. The van der Waals surface area contributed by atoms with Crippen molar-refractivity contribution < 1.29 is 24.9 Å². The number of ether oxygens (including phenoxy) is 1. The van der Waals surface area contributed by atoms with Gasteiger partial charge in [-0.25, -0.2) is 4.79 Å². The van der Waals surface area contributed by atoms with Crippen LogP contribution in [0.2, 0.25) is 0 Å². The fourth-order valence-corrected chi connectivity index (χ4v) is 1.00. The van der Waals surface area contributed by atoms with Crippen molar-refractivity contribution in [3.8, 4) is 17.2 Å². The summed E-state index contributed by atoms with van der Waals surface area (Å²) in [6, 6.07) is 2.07. The van der Waals surface area contributed by atoms with Gasteiger partial charge in [-0.1, -0.05) is 6.92 Å². The number of esters is 1. The SMILES string of the molecule is CCCOC(=O)c1cc(O)c(O)c(O)c1.[K]. The van der Waals surface area contributed by atoms with Crippen LogP contribution in [0.5, 0.6) is 17.2 Å². The van der Waals surface area contributed by atoms with Crippen LogP contribution in [0.15, 0.2) is 12.1 Å². The number of benzene rings is 1. The Kier molecular flexibility index (Phi) is 7.01. The molecule has 0 aliphatic rings. The molecule has 0 aliphatic carbocycles. The van der Waals surface area contributed by atoms with Crippen LogP contribution in [0.4, 0.5) is 0 Å². The molecular weight excluding hydrogens is 239 g/mol. The second-order valence-corrected chi connectivity index (χ2v) is 3.00. The maximum Gasteiger partial charge on any atom is 0.338 e. The molecule has 16 heavy (non-hydrogen) atoms. The van der Waals surface area contributed by atoms with Crippen molar-refractivity contribution >= 4 is 57.4 Å². The third-order valence-electron chi connectivity index (χ3n) is 1.74. The third kappa shape index (κ3) is 3.95. The van der Waals surface area contributed by atoms with Crippen molar-refractivity contribution in [2.45, 2.75) is 13.3 Å².